The van der Waals surface area contributed by atoms with Crippen molar-refractivity contribution in [3.63, 3.8) is 0 Å². The second kappa shape index (κ2) is 7.65. The van der Waals surface area contributed by atoms with Crippen LogP contribution in [0.1, 0.15) is 17.1 Å². The van der Waals surface area contributed by atoms with Crippen LogP contribution in [-0.4, -0.2) is 58.2 Å². The molecule has 1 aromatic carbocycles. The predicted molar refractivity (Wildman–Crippen MR) is 105 cm³/mol. The standard InChI is InChI=1S/C20H23FN6O/c1-13-12-16(14-2-4-15(21)5-3-14)18(19(22)23)20-24-17(25-27(13)20)6-7-26-8-10-28-11-9-26/h2-5,12H,6-11H2,1H3,(H3,22,23). The molecule has 0 saturated carbocycles. The summed E-state index contributed by atoms with van der Waals surface area (Å²) in [6.07, 6.45) is 0.713. The zero-order valence-corrected chi connectivity index (χ0v) is 15.8. The number of pyridine rings is 1. The van der Waals surface area contributed by atoms with E-state index in [-0.39, 0.29) is 11.7 Å². The monoisotopic (exact) mass is 382 g/mol. The fourth-order valence-corrected chi connectivity index (χ4v) is 3.54. The number of nitrogen functional groups attached to an aromatic ring is 1. The van der Waals surface area contributed by atoms with Crippen LogP contribution < -0.4 is 5.73 Å². The number of rotatable bonds is 5. The molecule has 1 aliphatic rings. The summed E-state index contributed by atoms with van der Waals surface area (Å²) in [5.41, 5.74) is 9.40. The first-order valence-corrected chi connectivity index (χ1v) is 9.32. The maximum atomic E-state index is 13.3. The lowest BCUT2D eigenvalue weighted by Crippen LogP contribution is -2.37. The van der Waals surface area contributed by atoms with E-state index >= 15 is 0 Å². The van der Waals surface area contributed by atoms with Gasteiger partial charge < -0.3 is 10.5 Å². The summed E-state index contributed by atoms with van der Waals surface area (Å²) >= 11 is 0. The van der Waals surface area contributed by atoms with Gasteiger partial charge in [-0.25, -0.2) is 13.9 Å². The molecular weight excluding hydrogens is 359 g/mol. The van der Waals surface area contributed by atoms with Gasteiger partial charge in [-0.05, 0) is 36.2 Å². The van der Waals surface area contributed by atoms with Gasteiger partial charge in [-0.3, -0.25) is 10.3 Å². The molecular formula is C20H23FN6O. The maximum absolute atomic E-state index is 13.3. The van der Waals surface area contributed by atoms with E-state index in [1.807, 2.05) is 13.0 Å². The number of aryl methyl sites for hydroxylation is 1. The van der Waals surface area contributed by atoms with E-state index in [4.69, 9.17) is 15.9 Å². The number of aromatic nitrogens is 3. The van der Waals surface area contributed by atoms with Crippen LogP contribution in [0, 0.1) is 18.2 Å². The summed E-state index contributed by atoms with van der Waals surface area (Å²) < 4.78 is 20.4. The minimum atomic E-state index is -0.307. The Hall–Kier alpha value is -2.84. The van der Waals surface area contributed by atoms with Gasteiger partial charge in [-0.1, -0.05) is 12.1 Å². The summed E-state index contributed by atoms with van der Waals surface area (Å²) in [4.78, 5) is 7.01. The molecule has 0 spiro atoms. The topological polar surface area (TPSA) is 92.5 Å². The molecule has 0 radical (unpaired) electrons. The number of fused-ring (bicyclic) bond motifs is 1. The highest BCUT2D eigenvalue weighted by Gasteiger charge is 2.19. The Balaban J connectivity index is 1.72. The molecule has 1 aliphatic heterocycles. The molecule has 1 fully saturated rings. The molecule has 3 N–H and O–H groups in total. The lowest BCUT2D eigenvalue weighted by Gasteiger charge is -2.25. The average Bonchev–Trinajstić information content (AvgIpc) is 3.12. The number of nitrogens with one attached hydrogen (secondary N) is 1. The van der Waals surface area contributed by atoms with Gasteiger partial charge in [0.15, 0.2) is 11.5 Å². The predicted octanol–water partition coefficient (Wildman–Crippen LogP) is 2.00. The van der Waals surface area contributed by atoms with Crippen LogP contribution in [0.2, 0.25) is 0 Å². The Morgan fingerprint density at radius 3 is 2.64 bits per heavy atom. The van der Waals surface area contributed by atoms with E-state index in [0.717, 1.165) is 49.7 Å². The van der Waals surface area contributed by atoms with Crippen LogP contribution in [0.5, 0.6) is 0 Å². The molecule has 8 heteroatoms. The molecule has 1 saturated heterocycles. The first-order chi connectivity index (χ1) is 13.5. The minimum Gasteiger partial charge on any atom is -0.384 e. The van der Waals surface area contributed by atoms with E-state index in [1.54, 1.807) is 16.6 Å². The minimum absolute atomic E-state index is 0.0866. The Morgan fingerprint density at radius 1 is 1.25 bits per heavy atom. The largest absolute Gasteiger partial charge is 0.384 e. The van der Waals surface area contributed by atoms with Crippen molar-refractivity contribution in [2.24, 2.45) is 5.73 Å². The number of amidine groups is 1. The number of benzene rings is 1. The first kappa shape index (κ1) is 18.5. The third-order valence-corrected chi connectivity index (χ3v) is 5.01. The summed E-state index contributed by atoms with van der Waals surface area (Å²) in [5.74, 6) is 0.323. The zero-order valence-electron chi connectivity index (χ0n) is 15.8. The van der Waals surface area contributed by atoms with Crippen molar-refractivity contribution in [2.75, 3.05) is 32.8 Å². The van der Waals surface area contributed by atoms with Crippen molar-refractivity contribution in [2.45, 2.75) is 13.3 Å². The molecule has 28 heavy (non-hydrogen) atoms. The zero-order chi connectivity index (χ0) is 19.7. The number of nitrogens with zero attached hydrogens (tertiary/aromatic N) is 4. The van der Waals surface area contributed by atoms with Gasteiger partial charge in [-0.2, -0.15) is 5.10 Å². The number of hydrogen-bond donors (Lipinski definition) is 2. The first-order valence-electron chi connectivity index (χ1n) is 9.32. The fourth-order valence-electron chi connectivity index (χ4n) is 3.54. The van der Waals surface area contributed by atoms with Crippen molar-refractivity contribution in [3.05, 3.63) is 53.2 Å². The molecule has 7 nitrogen and oxygen atoms in total. The van der Waals surface area contributed by atoms with Crippen molar-refractivity contribution >= 4 is 11.5 Å². The van der Waals surface area contributed by atoms with Crippen molar-refractivity contribution in [1.82, 2.24) is 19.5 Å². The van der Waals surface area contributed by atoms with Crippen LogP contribution >= 0.6 is 0 Å². The highest BCUT2D eigenvalue weighted by Crippen LogP contribution is 2.28. The highest BCUT2D eigenvalue weighted by molar-refractivity contribution is 6.06. The van der Waals surface area contributed by atoms with Crippen LogP contribution in [0.4, 0.5) is 4.39 Å². The van der Waals surface area contributed by atoms with Crippen molar-refractivity contribution < 1.29 is 9.13 Å². The van der Waals surface area contributed by atoms with Gasteiger partial charge in [0.2, 0.25) is 0 Å². The molecule has 0 bridgehead atoms. The van der Waals surface area contributed by atoms with E-state index < -0.39 is 0 Å². The Bertz CT molecular complexity index is 1010. The van der Waals surface area contributed by atoms with Gasteiger partial charge in [0.25, 0.3) is 0 Å². The normalized spacial score (nSPS) is 15.2. The number of hydrogen-bond acceptors (Lipinski definition) is 5. The van der Waals surface area contributed by atoms with Gasteiger partial charge in [-0.15, -0.1) is 0 Å². The number of halogens is 1. The fraction of sp³-hybridized carbons (Fsp3) is 0.350. The van der Waals surface area contributed by atoms with E-state index in [2.05, 4.69) is 15.0 Å². The van der Waals surface area contributed by atoms with Crippen LogP contribution in [-0.2, 0) is 11.2 Å². The smallest absolute Gasteiger partial charge is 0.167 e. The van der Waals surface area contributed by atoms with E-state index in [9.17, 15) is 4.39 Å². The van der Waals surface area contributed by atoms with E-state index in [0.29, 0.717) is 23.5 Å². The molecule has 0 amide bonds. The van der Waals surface area contributed by atoms with Gasteiger partial charge in [0.1, 0.15) is 11.7 Å². The SMILES string of the molecule is Cc1cc(-c2ccc(F)cc2)c(C(=N)N)c2nc(CCN3CCOCC3)nn12. The van der Waals surface area contributed by atoms with Gasteiger partial charge in [0.05, 0.1) is 18.8 Å². The van der Waals surface area contributed by atoms with Crippen molar-refractivity contribution in [1.29, 1.82) is 5.41 Å². The lowest BCUT2D eigenvalue weighted by atomic mass is 9.99. The van der Waals surface area contributed by atoms with Crippen LogP contribution in [0.3, 0.4) is 0 Å². The molecule has 0 atom stereocenters. The average molecular weight is 382 g/mol. The third-order valence-electron chi connectivity index (χ3n) is 5.01. The number of morpholine rings is 1. The van der Waals surface area contributed by atoms with Crippen LogP contribution in [0.25, 0.3) is 16.8 Å². The molecule has 146 valence electrons. The Morgan fingerprint density at radius 2 is 1.96 bits per heavy atom. The molecule has 3 aromatic rings. The van der Waals surface area contributed by atoms with Gasteiger partial charge >= 0.3 is 0 Å². The molecule has 0 aliphatic carbocycles. The molecule has 2 aromatic heterocycles. The van der Waals surface area contributed by atoms with E-state index in [1.165, 1.54) is 12.1 Å². The highest BCUT2D eigenvalue weighted by atomic mass is 19.1. The summed E-state index contributed by atoms with van der Waals surface area (Å²) in [7, 11) is 0. The summed E-state index contributed by atoms with van der Waals surface area (Å²) in [6.45, 7) is 6.14. The summed E-state index contributed by atoms with van der Waals surface area (Å²) in [5, 5.41) is 12.7. The molecule has 3 heterocycles. The third kappa shape index (κ3) is 3.61. The number of nitrogens with two attached hydrogens (primary N) is 1. The molecule has 0 unspecified atom stereocenters. The number of ether oxygens (including phenoxy) is 1. The summed E-state index contributed by atoms with van der Waals surface area (Å²) in [6, 6.07) is 8.08. The quantitative estimate of drug-likeness (QED) is 0.520. The Labute approximate surface area is 162 Å². The van der Waals surface area contributed by atoms with Gasteiger partial charge in [0, 0.05) is 31.7 Å². The lowest BCUT2D eigenvalue weighted by molar-refractivity contribution is 0.0382. The van der Waals surface area contributed by atoms with Crippen LogP contribution in [0.15, 0.2) is 30.3 Å². The second-order valence-electron chi connectivity index (χ2n) is 6.96. The maximum Gasteiger partial charge on any atom is 0.167 e. The molecule has 4 rings (SSSR count). The van der Waals surface area contributed by atoms with Crippen molar-refractivity contribution in [3.8, 4) is 11.1 Å². The Kier molecular flexibility index (Phi) is 5.06. The second-order valence-corrected chi connectivity index (χ2v) is 6.96.